The maximum atomic E-state index is 12.5. The van der Waals surface area contributed by atoms with Crippen molar-refractivity contribution in [2.24, 2.45) is 5.73 Å². The molecule has 154 valence electrons. The summed E-state index contributed by atoms with van der Waals surface area (Å²) in [7, 11) is 0. The molecule has 5 N–H and O–H groups in total. The lowest BCUT2D eigenvalue weighted by atomic mass is 9.89. The Labute approximate surface area is 180 Å². The molecule has 8 nitrogen and oxygen atoms in total. The number of nitrogens with two attached hydrogens (primary N) is 1. The highest BCUT2D eigenvalue weighted by atomic mass is 35.5. The number of nitrogens with one attached hydrogen (secondary N) is 3. The predicted octanol–water partition coefficient (Wildman–Crippen LogP) is 3.40. The lowest BCUT2D eigenvalue weighted by molar-refractivity contribution is 0.250. The second-order valence-electron chi connectivity index (χ2n) is 7.31. The number of rotatable bonds is 3. The van der Waals surface area contributed by atoms with Crippen molar-refractivity contribution >= 4 is 51.5 Å². The van der Waals surface area contributed by atoms with Crippen LogP contribution in [0.2, 0.25) is 5.02 Å². The van der Waals surface area contributed by atoms with Crippen LogP contribution in [0.1, 0.15) is 24.3 Å². The summed E-state index contributed by atoms with van der Waals surface area (Å²) < 4.78 is 1.04. The van der Waals surface area contributed by atoms with Gasteiger partial charge < -0.3 is 21.0 Å². The molecule has 5 rings (SSSR count). The van der Waals surface area contributed by atoms with Gasteiger partial charge in [0.15, 0.2) is 5.16 Å². The number of carbonyl (C=O) groups excluding carboxylic acids is 1. The molecular formula is C20H19ClN6O2S. The molecule has 10 heteroatoms. The third kappa shape index (κ3) is 3.28. The minimum absolute atomic E-state index is 0.252. The first-order valence-electron chi connectivity index (χ1n) is 9.62. The number of piperidine rings is 1. The highest BCUT2D eigenvalue weighted by Crippen LogP contribution is 2.37. The number of amides is 1. The zero-order chi connectivity index (χ0) is 20.8. The Morgan fingerprint density at radius 1 is 1.20 bits per heavy atom. The average Bonchev–Trinajstić information content (AvgIpc) is 3.28. The van der Waals surface area contributed by atoms with Crippen molar-refractivity contribution in [1.82, 2.24) is 24.8 Å². The van der Waals surface area contributed by atoms with E-state index in [0.29, 0.717) is 21.2 Å². The van der Waals surface area contributed by atoms with Crippen molar-refractivity contribution < 1.29 is 4.79 Å². The highest BCUT2D eigenvalue weighted by molar-refractivity contribution is 7.99. The van der Waals surface area contributed by atoms with E-state index in [0.717, 1.165) is 52.0 Å². The summed E-state index contributed by atoms with van der Waals surface area (Å²) in [5.74, 6) is 0.252. The van der Waals surface area contributed by atoms with Gasteiger partial charge in [0.2, 0.25) is 0 Å². The Balaban J connectivity index is 1.64. The van der Waals surface area contributed by atoms with Gasteiger partial charge in [0.25, 0.3) is 0 Å². The van der Waals surface area contributed by atoms with E-state index < -0.39 is 11.7 Å². The van der Waals surface area contributed by atoms with Crippen LogP contribution in [-0.2, 0) is 0 Å². The van der Waals surface area contributed by atoms with Gasteiger partial charge in [-0.15, -0.1) is 0 Å². The molecule has 4 aromatic rings. The molecule has 1 aliphatic rings. The lowest BCUT2D eigenvalue weighted by Crippen LogP contribution is -2.31. The van der Waals surface area contributed by atoms with Crippen molar-refractivity contribution in [1.29, 1.82) is 0 Å². The standard InChI is InChI=1S/C20H19ClN6O2S/c21-11-1-3-13-14(9-11)25-19(24-13)30-15-4-2-12(10-5-7-23-8-6-10)17-16(15)26-20(29)27(17)18(22)28/h1-4,9-10,23H,5-8H2,(H2,22,28)(H,24,25)(H,26,29). The molecule has 0 atom stereocenters. The van der Waals surface area contributed by atoms with Crippen molar-refractivity contribution in [3.63, 3.8) is 0 Å². The number of aromatic amines is 2. The van der Waals surface area contributed by atoms with Gasteiger partial charge in [0.1, 0.15) is 0 Å². The Morgan fingerprint density at radius 2 is 2.00 bits per heavy atom. The van der Waals surface area contributed by atoms with Gasteiger partial charge in [-0.3, -0.25) is 0 Å². The molecule has 0 bridgehead atoms. The summed E-state index contributed by atoms with van der Waals surface area (Å²) in [5, 5.41) is 4.63. The zero-order valence-electron chi connectivity index (χ0n) is 15.9. The number of H-pyrrole nitrogens is 2. The van der Waals surface area contributed by atoms with Crippen molar-refractivity contribution in [3.8, 4) is 0 Å². The van der Waals surface area contributed by atoms with E-state index in [4.69, 9.17) is 17.3 Å². The highest BCUT2D eigenvalue weighted by Gasteiger charge is 2.24. The fourth-order valence-electron chi connectivity index (χ4n) is 4.08. The molecule has 1 amide bonds. The first kappa shape index (κ1) is 19.2. The first-order valence-corrected chi connectivity index (χ1v) is 10.8. The van der Waals surface area contributed by atoms with Gasteiger partial charge in [0.05, 0.1) is 22.1 Å². The van der Waals surface area contributed by atoms with Gasteiger partial charge in [-0.25, -0.2) is 19.1 Å². The SMILES string of the molecule is NC(=O)n1c(=O)[nH]c2c(Sc3nc4ccc(Cl)cc4[nH]3)ccc(C3CCNCC3)c21. The quantitative estimate of drug-likeness (QED) is 0.387. The molecular weight excluding hydrogens is 424 g/mol. The Bertz CT molecular complexity index is 1330. The molecule has 0 unspecified atom stereocenters. The Morgan fingerprint density at radius 3 is 2.77 bits per heavy atom. The first-order chi connectivity index (χ1) is 14.5. The molecule has 0 radical (unpaired) electrons. The summed E-state index contributed by atoms with van der Waals surface area (Å²) in [6.07, 6.45) is 1.87. The normalized spacial score (nSPS) is 15.2. The number of halogens is 1. The van der Waals surface area contributed by atoms with E-state index in [1.54, 1.807) is 6.07 Å². The summed E-state index contributed by atoms with van der Waals surface area (Å²) >= 11 is 7.44. The average molecular weight is 443 g/mol. The summed E-state index contributed by atoms with van der Waals surface area (Å²) in [4.78, 5) is 36.0. The molecule has 0 spiro atoms. The Hall–Kier alpha value is -2.75. The second-order valence-corrected chi connectivity index (χ2v) is 8.78. The number of hydrogen-bond donors (Lipinski definition) is 4. The molecule has 1 fully saturated rings. The topological polar surface area (TPSA) is 122 Å². The maximum absolute atomic E-state index is 12.5. The molecule has 1 saturated heterocycles. The van der Waals surface area contributed by atoms with Gasteiger partial charge in [0, 0.05) is 9.92 Å². The van der Waals surface area contributed by atoms with Crippen LogP contribution >= 0.6 is 23.4 Å². The van der Waals surface area contributed by atoms with Gasteiger partial charge in [-0.05, 0) is 73.4 Å². The number of carbonyl (C=O) groups is 1. The molecule has 30 heavy (non-hydrogen) atoms. The number of benzene rings is 2. The van der Waals surface area contributed by atoms with E-state index >= 15 is 0 Å². The van der Waals surface area contributed by atoms with Gasteiger partial charge in [-0.2, -0.15) is 0 Å². The third-order valence-electron chi connectivity index (χ3n) is 5.46. The minimum Gasteiger partial charge on any atom is -0.351 e. The van der Waals surface area contributed by atoms with E-state index in [1.807, 2.05) is 24.3 Å². The van der Waals surface area contributed by atoms with Crippen LogP contribution < -0.4 is 16.7 Å². The number of hydrogen-bond acceptors (Lipinski definition) is 5. The fourth-order valence-corrected chi connectivity index (χ4v) is 5.15. The maximum Gasteiger partial charge on any atom is 0.334 e. The molecule has 3 heterocycles. The van der Waals surface area contributed by atoms with E-state index in [2.05, 4.69) is 20.3 Å². The van der Waals surface area contributed by atoms with Crippen LogP contribution in [0.15, 0.2) is 45.2 Å². The number of aromatic nitrogens is 4. The fraction of sp³-hybridized carbons (Fsp3) is 0.250. The monoisotopic (exact) mass is 442 g/mol. The molecule has 0 aliphatic carbocycles. The number of nitrogens with zero attached hydrogens (tertiary/aromatic N) is 2. The number of imidazole rings is 2. The van der Waals surface area contributed by atoms with Crippen LogP contribution in [0.4, 0.5) is 4.79 Å². The number of primary amides is 1. The Kier molecular flexibility index (Phi) is 4.80. The minimum atomic E-state index is -0.790. The zero-order valence-corrected chi connectivity index (χ0v) is 17.4. The van der Waals surface area contributed by atoms with Gasteiger partial charge >= 0.3 is 11.7 Å². The second kappa shape index (κ2) is 7.50. The van der Waals surface area contributed by atoms with Crippen LogP contribution in [0.25, 0.3) is 22.1 Å². The van der Waals surface area contributed by atoms with Crippen LogP contribution in [-0.4, -0.2) is 38.6 Å². The summed E-state index contributed by atoms with van der Waals surface area (Å²) in [5.41, 5.74) is 8.76. The van der Waals surface area contributed by atoms with Crippen molar-refractivity contribution in [2.75, 3.05) is 13.1 Å². The summed E-state index contributed by atoms with van der Waals surface area (Å²) in [6, 6.07) is 8.62. The summed E-state index contributed by atoms with van der Waals surface area (Å²) in [6.45, 7) is 1.80. The van der Waals surface area contributed by atoms with Gasteiger partial charge in [-0.1, -0.05) is 17.7 Å². The molecule has 2 aromatic heterocycles. The van der Waals surface area contributed by atoms with E-state index in [-0.39, 0.29) is 5.92 Å². The van der Waals surface area contributed by atoms with E-state index in [1.165, 1.54) is 11.8 Å². The van der Waals surface area contributed by atoms with Crippen molar-refractivity contribution in [2.45, 2.75) is 28.8 Å². The predicted molar refractivity (Wildman–Crippen MR) is 118 cm³/mol. The molecule has 1 aliphatic heterocycles. The van der Waals surface area contributed by atoms with E-state index in [9.17, 15) is 9.59 Å². The van der Waals surface area contributed by atoms with Crippen LogP contribution in [0.3, 0.4) is 0 Å². The lowest BCUT2D eigenvalue weighted by Gasteiger charge is -2.24. The van der Waals surface area contributed by atoms with Crippen LogP contribution in [0.5, 0.6) is 0 Å². The largest absolute Gasteiger partial charge is 0.351 e. The smallest absolute Gasteiger partial charge is 0.334 e. The third-order valence-corrected chi connectivity index (χ3v) is 6.64. The number of fused-ring (bicyclic) bond motifs is 2. The van der Waals surface area contributed by atoms with Crippen LogP contribution in [0, 0.1) is 0 Å². The molecule has 2 aromatic carbocycles. The molecule has 0 saturated carbocycles. The van der Waals surface area contributed by atoms with Crippen molar-refractivity contribution in [3.05, 3.63) is 51.4 Å².